The molecule has 5 aliphatic heterocycles. The van der Waals surface area contributed by atoms with E-state index >= 15 is 4.79 Å². The van der Waals surface area contributed by atoms with Crippen molar-refractivity contribution < 1.29 is 52.8 Å². The number of morpholine rings is 1. The molecule has 0 saturated carbocycles. The number of ether oxygens (including phenoxy) is 4. The van der Waals surface area contributed by atoms with E-state index in [-0.39, 0.29) is 50.2 Å². The number of phenolic OH excluding ortho intramolecular Hbond substituents is 1. The minimum absolute atomic E-state index is 0.0102. The Balaban J connectivity index is 0.883. The fourth-order valence-electron chi connectivity index (χ4n) is 12.1. The van der Waals surface area contributed by atoms with Crippen LogP contribution in [0.3, 0.4) is 0 Å². The van der Waals surface area contributed by atoms with E-state index in [9.17, 15) is 29.1 Å². The Morgan fingerprint density at radius 3 is 2.04 bits per heavy atom. The number of nitrogens with zero attached hydrogens (tertiary/aromatic N) is 2. The molecule has 3 amide bonds. The molecule has 4 fully saturated rings. The summed E-state index contributed by atoms with van der Waals surface area (Å²) in [7, 11) is 0. The number of fused-ring (bicyclic) bond motifs is 4. The SMILES string of the molecule is C=CCOC(=O)[C@@H]1[C@H]2C(=O)O[C@H](c3ccccc3)[C@H](c3ccccc3)N2[C@H](c2ccc(OCCOC(=O)[C@H]3C[C@H]4C(=O)N[C@@H](Cc5ccccc5)C(=O)N4[C@H]3c3ccc(O)cc3)cc2)[C@@]12C(=O)Nc1ccccc12. The molecule has 0 radical (unpaired) electrons. The molecule has 374 valence electrons. The highest BCUT2D eigenvalue weighted by atomic mass is 16.6. The van der Waals surface area contributed by atoms with E-state index in [0.29, 0.717) is 28.1 Å². The Morgan fingerprint density at radius 2 is 1.34 bits per heavy atom. The van der Waals surface area contributed by atoms with Gasteiger partial charge >= 0.3 is 17.9 Å². The zero-order valence-electron chi connectivity index (χ0n) is 40.0. The van der Waals surface area contributed by atoms with Gasteiger partial charge in [-0.15, -0.1) is 0 Å². The molecule has 15 nitrogen and oxygen atoms in total. The van der Waals surface area contributed by atoms with Crippen molar-refractivity contribution in [2.45, 2.75) is 60.6 Å². The molecule has 0 aliphatic carbocycles. The number of amides is 3. The Kier molecular flexibility index (Phi) is 12.8. The predicted molar refractivity (Wildman–Crippen MR) is 269 cm³/mol. The number of phenols is 1. The molecule has 10 atom stereocenters. The van der Waals surface area contributed by atoms with Gasteiger partial charge in [-0.2, -0.15) is 0 Å². The van der Waals surface area contributed by atoms with Crippen molar-refractivity contribution in [1.82, 2.24) is 15.1 Å². The van der Waals surface area contributed by atoms with Crippen molar-refractivity contribution >= 4 is 41.3 Å². The number of esters is 3. The highest BCUT2D eigenvalue weighted by molar-refractivity contribution is 6.11. The first kappa shape index (κ1) is 47.7. The molecule has 0 aromatic heterocycles. The fraction of sp³-hybridized carbons (Fsp3) is 0.254. The summed E-state index contributed by atoms with van der Waals surface area (Å²) >= 11 is 0. The van der Waals surface area contributed by atoms with Gasteiger partial charge in [-0.1, -0.05) is 146 Å². The molecule has 6 aromatic carbocycles. The third-order valence-corrected chi connectivity index (χ3v) is 15.1. The maximum Gasteiger partial charge on any atom is 0.325 e. The van der Waals surface area contributed by atoms with Crippen molar-refractivity contribution in [3.63, 3.8) is 0 Å². The lowest BCUT2D eigenvalue weighted by atomic mass is 9.65. The smallest absolute Gasteiger partial charge is 0.325 e. The minimum Gasteiger partial charge on any atom is -0.508 e. The van der Waals surface area contributed by atoms with Gasteiger partial charge in [0.05, 0.1) is 24.0 Å². The first-order chi connectivity index (χ1) is 36.1. The van der Waals surface area contributed by atoms with Crippen LogP contribution < -0.4 is 15.4 Å². The normalized spacial score (nSPS) is 26.8. The first-order valence-electron chi connectivity index (χ1n) is 24.7. The third-order valence-electron chi connectivity index (χ3n) is 15.1. The topological polar surface area (TPSA) is 190 Å². The summed E-state index contributed by atoms with van der Waals surface area (Å²) in [6.07, 6.45) is 0.904. The van der Waals surface area contributed by atoms with Gasteiger partial charge in [0.2, 0.25) is 17.7 Å². The van der Waals surface area contributed by atoms with Gasteiger partial charge in [0, 0.05) is 12.1 Å². The Morgan fingerprint density at radius 1 is 0.703 bits per heavy atom. The summed E-state index contributed by atoms with van der Waals surface area (Å²) in [4.78, 5) is 90.0. The second kappa shape index (κ2) is 19.8. The second-order valence-electron chi connectivity index (χ2n) is 19.2. The van der Waals surface area contributed by atoms with Crippen LogP contribution in [0.15, 0.2) is 176 Å². The van der Waals surface area contributed by atoms with Gasteiger partial charge in [0.1, 0.15) is 66.9 Å². The molecular formula is C59H52N4O11. The van der Waals surface area contributed by atoms with E-state index in [0.717, 1.165) is 16.7 Å². The molecule has 1 spiro atoms. The molecule has 6 aromatic rings. The van der Waals surface area contributed by atoms with Crippen molar-refractivity contribution in [1.29, 1.82) is 0 Å². The number of anilines is 1. The van der Waals surface area contributed by atoms with Crippen LogP contribution >= 0.6 is 0 Å². The lowest BCUT2D eigenvalue weighted by Crippen LogP contribution is -2.62. The van der Waals surface area contributed by atoms with Crippen LogP contribution in [-0.4, -0.2) is 88.5 Å². The summed E-state index contributed by atoms with van der Waals surface area (Å²) < 4.78 is 24.2. The van der Waals surface area contributed by atoms with Crippen molar-refractivity contribution in [2.75, 3.05) is 25.1 Å². The summed E-state index contributed by atoms with van der Waals surface area (Å²) in [6.45, 7) is 3.35. The van der Waals surface area contributed by atoms with E-state index in [1.165, 1.54) is 23.1 Å². The molecule has 0 bridgehead atoms. The number of carbonyl (C=O) groups excluding carboxylic acids is 6. The van der Waals surface area contributed by atoms with Crippen LogP contribution in [0.2, 0.25) is 0 Å². The maximum absolute atomic E-state index is 15.1. The lowest BCUT2D eigenvalue weighted by molar-refractivity contribution is -0.180. The van der Waals surface area contributed by atoms with Gasteiger partial charge in [-0.05, 0) is 70.1 Å². The zero-order valence-corrected chi connectivity index (χ0v) is 40.0. The summed E-state index contributed by atoms with van der Waals surface area (Å²) in [5.74, 6) is -5.05. The van der Waals surface area contributed by atoms with Crippen LogP contribution in [0.4, 0.5) is 5.69 Å². The largest absolute Gasteiger partial charge is 0.508 e. The lowest BCUT2D eigenvalue weighted by Gasteiger charge is -2.46. The number of cyclic esters (lactones) is 1. The molecule has 74 heavy (non-hydrogen) atoms. The van der Waals surface area contributed by atoms with Crippen LogP contribution in [0.5, 0.6) is 11.5 Å². The van der Waals surface area contributed by atoms with E-state index in [1.54, 1.807) is 54.6 Å². The van der Waals surface area contributed by atoms with Gasteiger partial charge < -0.3 is 39.6 Å². The molecule has 4 saturated heterocycles. The highest BCUT2D eigenvalue weighted by Crippen LogP contribution is 2.65. The zero-order chi connectivity index (χ0) is 51.1. The van der Waals surface area contributed by atoms with Crippen molar-refractivity contribution in [3.8, 4) is 11.5 Å². The molecule has 0 unspecified atom stereocenters. The van der Waals surface area contributed by atoms with Crippen molar-refractivity contribution in [3.05, 3.63) is 210 Å². The Bertz CT molecular complexity index is 3120. The van der Waals surface area contributed by atoms with Crippen LogP contribution in [0, 0.1) is 11.8 Å². The van der Waals surface area contributed by atoms with Crippen LogP contribution in [0.1, 0.15) is 64.0 Å². The monoisotopic (exact) mass is 992 g/mol. The summed E-state index contributed by atoms with van der Waals surface area (Å²) in [6, 6.07) is 43.3. The number of rotatable bonds is 14. The number of hydrogen-bond donors (Lipinski definition) is 3. The van der Waals surface area contributed by atoms with E-state index < -0.39 is 83.4 Å². The van der Waals surface area contributed by atoms with Crippen molar-refractivity contribution in [2.24, 2.45) is 11.8 Å². The Labute approximate surface area is 426 Å². The molecule has 5 heterocycles. The first-order valence-corrected chi connectivity index (χ1v) is 24.7. The predicted octanol–water partition coefficient (Wildman–Crippen LogP) is 7.01. The molecule has 5 aliphatic rings. The second-order valence-corrected chi connectivity index (χ2v) is 19.2. The summed E-state index contributed by atoms with van der Waals surface area (Å²) in [5, 5.41) is 16.0. The average Bonchev–Trinajstić information content (AvgIpc) is 4.13. The van der Waals surface area contributed by atoms with Gasteiger partial charge in [0.25, 0.3) is 0 Å². The van der Waals surface area contributed by atoms with E-state index in [1.807, 2.05) is 102 Å². The number of hydrogen-bond acceptors (Lipinski definition) is 12. The number of piperazine rings is 1. The molecule has 11 rings (SSSR count). The third kappa shape index (κ3) is 8.22. The number of aromatic hydroxyl groups is 1. The van der Waals surface area contributed by atoms with Gasteiger partial charge in [0.15, 0.2) is 0 Å². The average molecular weight is 993 g/mol. The maximum atomic E-state index is 15.1. The molecule has 15 heteroatoms. The standard InChI is InChI=1S/C59H52N4O11/c1-2-30-72-56(68)47-50-57(69)74-51(38-18-10-5-11-19-38)49(36-16-8-4-9-17-36)63(50)52(59(47)43-20-12-13-21-44(43)61-58(59)70)39-24-28-41(29-25-39)71-31-32-73-55(67)42-34-46-53(65)60-45(33-35-14-6-3-7-15-35)54(66)62(46)48(42)37-22-26-40(64)27-23-37/h2-29,42,45-52,64H,1,30-34H2,(H,60,65)(H,61,70)/t42-,45-,46-,47-,48-,49-,50-,51+,52+,59-/m0/s1. The highest BCUT2D eigenvalue weighted by Gasteiger charge is 2.74. The van der Waals surface area contributed by atoms with E-state index in [2.05, 4.69) is 17.2 Å². The molecule has 3 N–H and O–H groups in total. The van der Waals surface area contributed by atoms with Crippen LogP contribution in [-0.2, 0) is 54.8 Å². The number of para-hydroxylation sites is 1. The van der Waals surface area contributed by atoms with E-state index in [4.69, 9.17) is 18.9 Å². The summed E-state index contributed by atoms with van der Waals surface area (Å²) in [5.41, 5.74) is 2.91. The quantitative estimate of drug-likeness (QED) is 0.0439. The number of nitrogens with one attached hydrogen (secondary N) is 2. The van der Waals surface area contributed by atoms with Gasteiger partial charge in [-0.3, -0.25) is 33.7 Å². The number of benzene rings is 6. The Hall–Kier alpha value is -8.56. The fourth-order valence-corrected chi connectivity index (χ4v) is 12.1. The number of carbonyl (C=O) groups is 6. The minimum atomic E-state index is -1.70. The molecular weight excluding hydrogens is 941 g/mol. The van der Waals surface area contributed by atoms with Gasteiger partial charge in [-0.25, -0.2) is 0 Å². The van der Waals surface area contributed by atoms with Crippen LogP contribution in [0.25, 0.3) is 0 Å².